The number of ether oxygens (including phenoxy) is 2. The van der Waals surface area contributed by atoms with E-state index in [1.54, 1.807) is 12.0 Å². The van der Waals surface area contributed by atoms with E-state index in [9.17, 15) is 14.0 Å². The number of carbonyl (C=O) groups is 2. The number of nitrogens with two attached hydrogens (primary N) is 1. The van der Waals surface area contributed by atoms with Gasteiger partial charge in [-0.3, -0.25) is 4.79 Å². The van der Waals surface area contributed by atoms with Crippen molar-refractivity contribution >= 4 is 12.0 Å². The molecule has 6 nitrogen and oxygen atoms in total. The van der Waals surface area contributed by atoms with Gasteiger partial charge in [0.05, 0.1) is 7.11 Å². The molecule has 196 valence electrons. The van der Waals surface area contributed by atoms with E-state index in [0.717, 1.165) is 36.8 Å². The van der Waals surface area contributed by atoms with Crippen molar-refractivity contribution in [3.63, 3.8) is 0 Å². The van der Waals surface area contributed by atoms with Gasteiger partial charge in [0, 0.05) is 30.3 Å². The Kier molecular flexibility index (Phi) is 8.32. The normalized spacial score (nSPS) is 16.6. The maximum atomic E-state index is 14.2. The molecule has 1 aliphatic rings. The van der Waals surface area contributed by atoms with Crippen molar-refractivity contribution in [2.45, 2.75) is 70.8 Å². The van der Waals surface area contributed by atoms with E-state index in [-0.39, 0.29) is 23.6 Å². The van der Waals surface area contributed by atoms with E-state index in [1.165, 1.54) is 12.1 Å². The van der Waals surface area contributed by atoms with Crippen LogP contribution in [0, 0.1) is 11.2 Å². The number of likely N-dealkylation sites (tertiary alicyclic amines) is 1. The molecule has 0 saturated carbocycles. The second-order valence-electron chi connectivity index (χ2n) is 10.9. The molecular formula is C29H39FN2O4. The zero-order chi connectivity index (χ0) is 26.6. The second-order valence-corrected chi connectivity index (χ2v) is 10.9. The van der Waals surface area contributed by atoms with Gasteiger partial charge in [-0.1, -0.05) is 71.2 Å². The molecule has 2 aromatic carbocycles. The van der Waals surface area contributed by atoms with Gasteiger partial charge in [-0.2, -0.15) is 0 Å². The van der Waals surface area contributed by atoms with Crippen LogP contribution >= 0.6 is 0 Å². The Morgan fingerprint density at radius 2 is 1.64 bits per heavy atom. The first-order valence-corrected chi connectivity index (χ1v) is 12.6. The van der Waals surface area contributed by atoms with Crippen molar-refractivity contribution in [2.24, 2.45) is 11.1 Å². The van der Waals surface area contributed by atoms with Crippen molar-refractivity contribution in [1.29, 1.82) is 0 Å². The lowest BCUT2D eigenvalue weighted by Crippen LogP contribution is -2.69. The molecule has 2 amide bonds. The van der Waals surface area contributed by atoms with E-state index in [0.29, 0.717) is 18.8 Å². The van der Waals surface area contributed by atoms with Gasteiger partial charge in [0.25, 0.3) is 5.91 Å². The highest BCUT2D eigenvalue weighted by Gasteiger charge is 2.58. The molecule has 1 saturated heterocycles. The topological polar surface area (TPSA) is 81.9 Å². The molecule has 7 heteroatoms. The summed E-state index contributed by atoms with van der Waals surface area (Å²) >= 11 is 0. The Bertz CT molecular complexity index is 1040. The Labute approximate surface area is 214 Å². The second kappa shape index (κ2) is 10.9. The van der Waals surface area contributed by atoms with E-state index in [2.05, 4.69) is 6.92 Å². The van der Waals surface area contributed by atoms with E-state index in [1.807, 2.05) is 57.2 Å². The Balaban J connectivity index is 1.93. The standard InChI is InChI=1S/C29H39FN2O4/c1-6-7-8-17-28(22-11-13-23(30)14-12-22)19-32(20-28)25(33)29(27(2,3)4,36-26(31)34)18-21-9-15-24(35-5)16-10-21/h9-16H,6-8,17-20H2,1-5H3,(H2,31,34)/t29-/m0/s1. The quantitative estimate of drug-likeness (QED) is 0.431. The summed E-state index contributed by atoms with van der Waals surface area (Å²) in [5.74, 6) is 0.148. The summed E-state index contributed by atoms with van der Waals surface area (Å²) in [6, 6.07) is 13.9. The number of hydrogen-bond acceptors (Lipinski definition) is 4. The van der Waals surface area contributed by atoms with Crippen LogP contribution in [0.1, 0.15) is 64.5 Å². The number of halogens is 1. The van der Waals surface area contributed by atoms with Gasteiger partial charge in [0.2, 0.25) is 5.60 Å². The van der Waals surface area contributed by atoms with Crippen molar-refractivity contribution in [2.75, 3.05) is 20.2 Å². The number of hydrogen-bond donors (Lipinski definition) is 1. The fourth-order valence-electron chi connectivity index (χ4n) is 5.18. The fourth-order valence-corrected chi connectivity index (χ4v) is 5.18. The van der Waals surface area contributed by atoms with Crippen LogP contribution in [0.3, 0.4) is 0 Å². The van der Waals surface area contributed by atoms with Gasteiger partial charge >= 0.3 is 6.09 Å². The minimum atomic E-state index is -1.49. The molecule has 1 atom stereocenters. The first-order chi connectivity index (χ1) is 17.0. The molecule has 0 aliphatic carbocycles. The molecule has 0 unspecified atom stereocenters. The number of benzene rings is 2. The van der Waals surface area contributed by atoms with Crippen molar-refractivity contribution in [3.05, 3.63) is 65.5 Å². The fraction of sp³-hybridized carbons (Fsp3) is 0.517. The number of primary amides is 1. The lowest BCUT2D eigenvalue weighted by atomic mass is 9.67. The SMILES string of the molecule is CCCCCC1(c2ccc(F)cc2)CN(C(=O)[C@](Cc2ccc(OC)cc2)(OC(N)=O)C(C)(C)C)C1. The average molecular weight is 499 g/mol. The zero-order valence-corrected chi connectivity index (χ0v) is 22.1. The van der Waals surface area contributed by atoms with Gasteiger partial charge in [-0.25, -0.2) is 9.18 Å². The molecule has 2 aromatic rings. The average Bonchev–Trinajstić information content (AvgIpc) is 2.80. The Morgan fingerprint density at radius 1 is 1.03 bits per heavy atom. The van der Waals surface area contributed by atoms with Gasteiger partial charge < -0.3 is 20.1 Å². The summed E-state index contributed by atoms with van der Waals surface area (Å²) in [5.41, 5.74) is 4.89. The van der Waals surface area contributed by atoms with Crippen LogP contribution in [0.4, 0.5) is 9.18 Å². The first kappa shape index (κ1) is 27.5. The molecule has 36 heavy (non-hydrogen) atoms. The highest BCUT2D eigenvalue weighted by molar-refractivity contribution is 5.90. The number of carbonyl (C=O) groups excluding carboxylic acids is 2. The van der Waals surface area contributed by atoms with Crippen LogP contribution in [0.25, 0.3) is 0 Å². The van der Waals surface area contributed by atoms with E-state index >= 15 is 0 Å². The van der Waals surface area contributed by atoms with Crippen LogP contribution in [0.2, 0.25) is 0 Å². The predicted octanol–water partition coefficient (Wildman–Crippen LogP) is 5.62. The van der Waals surface area contributed by atoms with E-state index in [4.69, 9.17) is 15.2 Å². The number of methoxy groups -OCH3 is 1. The Morgan fingerprint density at radius 3 is 2.14 bits per heavy atom. The van der Waals surface area contributed by atoms with Crippen molar-refractivity contribution in [3.8, 4) is 5.75 Å². The summed E-state index contributed by atoms with van der Waals surface area (Å²) in [7, 11) is 1.59. The number of amides is 2. The van der Waals surface area contributed by atoms with Gasteiger partial charge in [-0.05, 0) is 41.8 Å². The summed E-state index contributed by atoms with van der Waals surface area (Å²) in [5, 5.41) is 0. The zero-order valence-electron chi connectivity index (χ0n) is 22.1. The summed E-state index contributed by atoms with van der Waals surface area (Å²) in [6.45, 7) is 8.75. The largest absolute Gasteiger partial charge is 0.497 e. The van der Waals surface area contributed by atoms with E-state index < -0.39 is 17.1 Å². The molecule has 1 aliphatic heterocycles. The first-order valence-electron chi connectivity index (χ1n) is 12.6. The Hall–Kier alpha value is -3.09. The number of rotatable bonds is 10. The van der Waals surface area contributed by atoms with Gasteiger partial charge in [0.1, 0.15) is 11.6 Å². The predicted molar refractivity (Wildman–Crippen MR) is 138 cm³/mol. The molecule has 3 rings (SSSR count). The minimum absolute atomic E-state index is 0.179. The monoisotopic (exact) mass is 498 g/mol. The maximum absolute atomic E-state index is 14.2. The number of unbranched alkanes of at least 4 members (excludes halogenated alkanes) is 2. The summed E-state index contributed by atoms with van der Waals surface area (Å²) in [6.07, 6.45) is 3.28. The third kappa shape index (κ3) is 5.66. The highest BCUT2D eigenvalue weighted by Crippen LogP contribution is 2.45. The van der Waals surface area contributed by atoms with Crippen LogP contribution in [0.5, 0.6) is 5.75 Å². The molecule has 0 bridgehead atoms. The van der Waals surface area contributed by atoms with Gasteiger partial charge in [-0.15, -0.1) is 0 Å². The molecule has 2 N–H and O–H groups in total. The van der Waals surface area contributed by atoms with Crippen molar-refractivity contribution in [1.82, 2.24) is 4.90 Å². The lowest BCUT2D eigenvalue weighted by Gasteiger charge is -2.55. The summed E-state index contributed by atoms with van der Waals surface area (Å²) in [4.78, 5) is 28.0. The van der Waals surface area contributed by atoms with Crippen molar-refractivity contribution < 1.29 is 23.5 Å². The van der Waals surface area contributed by atoms with Crippen LogP contribution < -0.4 is 10.5 Å². The molecule has 1 heterocycles. The molecule has 0 aromatic heterocycles. The summed E-state index contributed by atoms with van der Waals surface area (Å²) < 4.78 is 24.6. The minimum Gasteiger partial charge on any atom is -0.497 e. The van der Waals surface area contributed by atoms with Crippen LogP contribution in [-0.2, 0) is 21.4 Å². The molecule has 0 radical (unpaired) electrons. The molecule has 0 spiro atoms. The smallest absolute Gasteiger partial charge is 0.405 e. The highest BCUT2D eigenvalue weighted by atomic mass is 19.1. The van der Waals surface area contributed by atoms with Crippen LogP contribution in [-0.4, -0.2) is 42.7 Å². The lowest BCUT2D eigenvalue weighted by molar-refractivity contribution is -0.172. The van der Waals surface area contributed by atoms with Gasteiger partial charge in [0.15, 0.2) is 0 Å². The molecule has 1 fully saturated rings. The third-order valence-corrected chi connectivity index (χ3v) is 7.43. The van der Waals surface area contributed by atoms with Crippen LogP contribution in [0.15, 0.2) is 48.5 Å². The third-order valence-electron chi connectivity index (χ3n) is 7.43. The number of nitrogens with zero attached hydrogens (tertiary/aromatic N) is 1. The maximum Gasteiger partial charge on any atom is 0.405 e. The molecular weight excluding hydrogens is 459 g/mol.